The number of rotatable bonds is 4. The molecule has 0 aliphatic carbocycles. The summed E-state index contributed by atoms with van der Waals surface area (Å²) in [6.07, 6.45) is 4.12. The van der Waals surface area contributed by atoms with Gasteiger partial charge in [-0.05, 0) is 69.6 Å². The van der Waals surface area contributed by atoms with Crippen LogP contribution < -0.4 is 10.2 Å². The SMILES string of the molecule is CNCc1ccc(N2CCC(N3CCCC3)C2)cc1C. The number of nitrogens with one attached hydrogen (secondary N) is 1. The lowest BCUT2D eigenvalue weighted by Gasteiger charge is -2.25. The first-order valence-electron chi connectivity index (χ1n) is 8.01. The zero-order valence-electron chi connectivity index (χ0n) is 12.9. The molecule has 0 saturated carbocycles. The molecule has 1 unspecified atom stereocenters. The number of likely N-dealkylation sites (tertiary alicyclic amines) is 1. The van der Waals surface area contributed by atoms with Crippen LogP contribution in [0.3, 0.4) is 0 Å². The second-order valence-corrected chi connectivity index (χ2v) is 6.27. The molecule has 0 spiro atoms. The lowest BCUT2D eigenvalue weighted by Crippen LogP contribution is -2.35. The van der Waals surface area contributed by atoms with Gasteiger partial charge in [0, 0.05) is 31.4 Å². The first kappa shape index (κ1) is 13.9. The van der Waals surface area contributed by atoms with Gasteiger partial charge in [-0.2, -0.15) is 0 Å². The van der Waals surface area contributed by atoms with Gasteiger partial charge in [-0.1, -0.05) is 6.07 Å². The van der Waals surface area contributed by atoms with E-state index in [0.717, 1.165) is 12.6 Å². The molecule has 3 heteroatoms. The summed E-state index contributed by atoms with van der Waals surface area (Å²) in [6, 6.07) is 7.73. The molecular weight excluding hydrogens is 246 g/mol. The van der Waals surface area contributed by atoms with Crippen LogP contribution in [0.15, 0.2) is 18.2 Å². The van der Waals surface area contributed by atoms with Crippen LogP contribution in [-0.2, 0) is 6.54 Å². The van der Waals surface area contributed by atoms with Crippen LogP contribution in [0.1, 0.15) is 30.4 Å². The van der Waals surface area contributed by atoms with E-state index >= 15 is 0 Å². The van der Waals surface area contributed by atoms with Crippen LogP contribution in [0.5, 0.6) is 0 Å². The fourth-order valence-electron chi connectivity index (χ4n) is 3.65. The molecule has 110 valence electrons. The van der Waals surface area contributed by atoms with Gasteiger partial charge >= 0.3 is 0 Å². The van der Waals surface area contributed by atoms with E-state index in [0.29, 0.717) is 0 Å². The molecule has 20 heavy (non-hydrogen) atoms. The Kier molecular flexibility index (Phi) is 4.27. The third-order valence-corrected chi connectivity index (χ3v) is 4.88. The van der Waals surface area contributed by atoms with E-state index in [1.165, 1.54) is 62.3 Å². The van der Waals surface area contributed by atoms with Crippen LogP contribution in [-0.4, -0.2) is 44.2 Å². The molecule has 3 rings (SSSR count). The van der Waals surface area contributed by atoms with E-state index in [2.05, 4.69) is 40.2 Å². The largest absolute Gasteiger partial charge is 0.370 e. The van der Waals surface area contributed by atoms with Crippen LogP contribution in [0, 0.1) is 6.92 Å². The van der Waals surface area contributed by atoms with Crippen molar-refractivity contribution in [2.45, 2.75) is 38.8 Å². The Morgan fingerprint density at radius 2 is 2.00 bits per heavy atom. The van der Waals surface area contributed by atoms with Crippen LogP contribution in [0.2, 0.25) is 0 Å². The third kappa shape index (κ3) is 2.84. The Bertz CT molecular complexity index is 452. The monoisotopic (exact) mass is 273 g/mol. The number of benzene rings is 1. The van der Waals surface area contributed by atoms with Crippen molar-refractivity contribution in [3.8, 4) is 0 Å². The molecule has 2 aliphatic heterocycles. The molecular formula is C17H27N3. The van der Waals surface area contributed by atoms with Gasteiger partial charge in [0.2, 0.25) is 0 Å². The maximum Gasteiger partial charge on any atom is 0.0369 e. The van der Waals surface area contributed by atoms with Crippen LogP contribution in [0.25, 0.3) is 0 Å². The highest BCUT2D eigenvalue weighted by molar-refractivity contribution is 5.51. The van der Waals surface area contributed by atoms with Gasteiger partial charge in [-0.15, -0.1) is 0 Å². The maximum absolute atomic E-state index is 3.24. The molecule has 0 bridgehead atoms. The minimum absolute atomic E-state index is 0.787. The fourth-order valence-corrected chi connectivity index (χ4v) is 3.65. The molecule has 1 aromatic carbocycles. The standard InChI is InChI=1S/C17H27N3/c1-14-11-16(6-5-15(14)12-18-2)20-10-7-17(13-20)19-8-3-4-9-19/h5-6,11,17-18H,3-4,7-10,12-13H2,1-2H3. The lowest BCUT2D eigenvalue weighted by molar-refractivity contribution is 0.260. The second-order valence-electron chi connectivity index (χ2n) is 6.27. The summed E-state index contributed by atoms with van der Waals surface area (Å²) in [6.45, 7) is 8.25. The zero-order chi connectivity index (χ0) is 13.9. The number of anilines is 1. The Labute approximate surface area is 123 Å². The van der Waals surface area contributed by atoms with E-state index in [4.69, 9.17) is 0 Å². The molecule has 2 heterocycles. The summed E-state index contributed by atoms with van der Waals surface area (Å²) < 4.78 is 0. The minimum Gasteiger partial charge on any atom is -0.370 e. The molecule has 1 N–H and O–H groups in total. The van der Waals surface area contributed by atoms with Crippen molar-refractivity contribution >= 4 is 5.69 Å². The number of nitrogens with zero attached hydrogens (tertiary/aromatic N) is 2. The highest BCUT2D eigenvalue weighted by atomic mass is 15.3. The van der Waals surface area contributed by atoms with Crippen molar-refractivity contribution in [2.24, 2.45) is 0 Å². The summed E-state index contributed by atoms with van der Waals surface area (Å²) in [7, 11) is 2.01. The average Bonchev–Trinajstić information content (AvgIpc) is 3.11. The lowest BCUT2D eigenvalue weighted by atomic mass is 10.1. The molecule has 3 nitrogen and oxygen atoms in total. The van der Waals surface area contributed by atoms with E-state index in [1.54, 1.807) is 0 Å². The molecule has 1 aromatic rings. The number of aryl methyl sites for hydroxylation is 1. The van der Waals surface area contributed by atoms with E-state index in [9.17, 15) is 0 Å². The van der Waals surface area contributed by atoms with Crippen molar-refractivity contribution in [1.29, 1.82) is 0 Å². The summed E-state index contributed by atoms with van der Waals surface area (Å²) in [5.41, 5.74) is 4.22. The topological polar surface area (TPSA) is 18.5 Å². The summed E-state index contributed by atoms with van der Waals surface area (Å²) in [5.74, 6) is 0. The predicted octanol–water partition coefficient (Wildman–Crippen LogP) is 2.39. The Morgan fingerprint density at radius 3 is 2.70 bits per heavy atom. The van der Waals surface area contributed by atoms with E-state index in [-0.39, 0.29) is 0 Å². The van der Waals surface area contributed by atoms with Gasteiger partial charge in [0.25, 0.3) is 0 Å². The van der Waals surface area contributed by atoms with Crippen molar-refractivity contribution < 1.29 is 0 Å². The van der Waals surface area contributed by atoms with Crippen LogP contribution in [0.4, 0.5) is 5.69 Å². The molecule has 2 aliphatic rings. The van der Waals surface area contributed by atoms with Gasteiger partial charge < -0.3 is 10.2 Å². The van der Waals surface area contributed by atoms with Crippen LogP contribution >= 0.6 is 0 Å². The summed E-state index contributed by atoms with van der Waals surface area (Å²) in [5, 5.41) is 3.24. The predicted molar refractivity (Wildman–Crippen MR) is 85.4 cm³/mol. The van der Waals surface area contributed by atoms with Gasteiger partial charge in [-0.3, -0.25) is 4.90 Å². The number of hydrogen-bond donors (Lipinski definition) is 1. The van der Waals surface area contributed by atoms with Crippen molar-refractivity contribution in [3.05, 3.63) is 29.3 Å². The first-order chi connectivity index (χ1) is 9.78. The van der Waals surface area contributed by atoms with Crippen molar-refractivity contribution in [2.75, 3.05) is 38.1 Å². The molecule has 1 atom stereocenters. The van der Waals surface area contributed by atoms with Crippen molar-refractivity contribution in [1.82, 2.24) is 10.2 Å². The zero-order valence-corrected chi connectivity index (χ0v) is 12.9. The van der Waals surface area contributed by atoms with Gasteiger partial charge in [0.05, 0.1) is 0 Å². The Morgan fingerprint density at radius 1 is 1.20 bits per heavy atom. The molecule has 0 amide bonds. The Balaban J connectivity index is 1.66. The maximum atomic E-state index is 3.24. The second kappa shape index (κ2) is 6.15. The third-order valence-electron chi connectivity index (χ3n) is 4.88. The highest BCUT2D eigenvalue weighted by Gasteiger charge is 2.29. The van der Waals surface area contributed by atoms with E-state index in [1.807, 2.05) is 7.05 Å². The van der Waals surface area contributed by atoms with Gasteiger partial charge in [-0.25, -0.2) is 0 Å². The highest BCUT2D eigenvalue weighted by Crippen LogP contribution is 2.26. The Hall–Kier alpha value is -1.06. The summed E-state index contributed by atoms with van der Waals surface area (Å²) in [4.78, 5) is 5.27. The normalized spacial score (nSPS) is 23.7. The molecule has 0 aromatic heterocycles. The molecule has 2 saturated heterocycles. The fraction of sp³-hybridized carbons (Fsp3) is 0.647. The first-order valence-corrected chi connectivity index (χ1v) is 8.01. The quantitative estimate of drug-likeness (QED) is 0.909. The molecule has 0 radical (unpaired) electrons. The minimum atomic E-state index is 0.787. The van der Waals surface area contributed by atoms with Gasteiger partial charge in [0.1, 0.15) is 0 Å². The van der Waals surface area contributed by atoms with Gasteiger partial charge in [0.15, 0.2) is 0 Å². The number of hydrogen-bond acceptors (Lipinski definition) is 3. The molecule has 2 fully saturated rings. The summed E-state index contributed by atoms with van der Waals surface area (Å²) >= 11 is 0. The van der Waals surface area contributed by atoms with E-state index < -0.39 is 0 Å². The average molecular weight is 273 g/mol. The smallest absolute Gasteiger partial charge is 0.0369 e. The van der Waals surface area contributed by atoms with Crippen molar-refractivity contribution in [3.63, 3.8) is 0 Å².